The Bertz CT molecular complexity index is 554. The number of ether oxygens (including phenoxy) is 1. The van der Waals surface area contributed by atoms with Crippen LogP contribution in [0, 0.1) is 0 Å². The number of urea groups is 1. The van der Waals surface area contributed by atoms with Crippen molar-refractivity contribution in [3.63, 3.8) is 0 Å². The van der Waals surface area contributed by atoms with Gasteiger partial charge in [0.2, 0.25) is 0 Å². The summed E-state index contributed by atoms with van der Waals surface area (Å²) in [5, 5.41) is 2.96. The Balaban J connectivity index is 1.81. The Labute approximate surface area is 143 Å². The molecule has 1 heterocycles. The molecule has 132 valence electrons. The molecule has 0 radical (unpaired) electrons. The molecule has 0 unspecified atom stereocenters. The van der Waals surface area contributed by atoms with Crippen LogP contribution < -0.4 is 5.32 Å². The molecular formula is C18H27N3O3. The van der Waals surface area contributed by atoms with Gasteiger partial charge in [-0.05, 0) is 32.8 Å². The molecule has 1 aliphatic rings. The number of hydrogen-bond donors (Lipinski definition) is 1. The van der Waals surface area contributed by atoms with E-state index in [1.807, 2.05) is 51.1 Å². The average Bonchev–Trinajstić information content (AvgIpc) is 2.78. The maximum absolute atomic E-state index is 12.2. The van der Waals surface area contributed by atoms with E-state index in [9.17, 15) is 9.59 Å². The summed E-state index contributed by atoms with van der Waals surface area (Å²) in [6, 6.07) is 9.53. The number of nitrogens with one attached hydrogen (secondary N) is 1. The zero-order chi connectivity index (χ0) is 17.6. The lowest BCUT2D eigenvalue weighted by atomic mass is 10.1. The molecule has 6 heteroatoms. The number of rotatable bonds is 2. The van der Waals surface area contributed by atoms with Crippen LogP contribution in [0.4, 0.5) is 9.59 Å². The Morgan fingerprint density at radius 1 is 1.04 bits per heavy atom. The van der Waals surface area contributed by atoms with Gasteiger partial charge in [0.1, 0.15) is 6.61 Å². The minimum atomic E-state index is -0.322. The zero-order valence-electron chi connectivity index (χ0n) is 14.7. The largest absolute Gasteiger partial charge is 0.445 e. The first kappa shape index (κ1) is 18.1. The van der Waals surface area contributed by atoms with E-state index in [2.05, 4.69) is 5.32 Å². The van der Waals surface area contributed by atoms with Crippen molar-refractivity contribution < 1.29 is 14.3 Å². The molecule has 0 spiro atoms. The van der Waals surface area contributed by atoms with Crippen LogP contribution >= 0.6 is 0 Å². The van der Waals surface area contributed by atoms with Crippen molar-refractivity contribution in [2.45, 2.75) is 39.3 Å². The van der Waals surface area contributed by atoms with Gasteiger partial charge >= 0.3 is 12.1 Å². The van der Waals surface area contributed by atoms with Crippen LogP contribution in [0.5, 0.6) is 0 Å². The van der Waals surface area contributed by atoms with Gasteiger partial charge in [0.05, 0.1) is 0 Å². The predicted molar refractivity (Wildman–Crippen MR) is 92.7 cm³/mol. The molecule has 3 amide bonds. The average molecular weight is 333 g/mol. The first-order chi connectivity index (χ1) is 11.3. The normalized spacial score (nSPS) is 15.6. The molecule has 0 aliphatic carbocycles. The highest BCUT2D eigenvalue weighted by molar-refractivity contribution is 5.75. The second kappa shape index (κ2) is 8.04. The highest BCUT2D eigenvalue weighted by atomic mass is 16.6. The van der Waals surface area contributed by atoms with Crippen molar-refractivity contribution in [3.05, 3.63) is 35.9 Å². The maximum Gasteiger partial charge on any atom is 0.410 e. The maximum atomic E-state index is 12.2. The molecule has 1 aromatic rings. The lowest BCUT2D eigenvalue weighted by molar-refractivity contribution is 0.0974. The Morgan fingerprint density at radius 2 is 1.67 bits per heavy atom. The van der Waals surface area contributed by atoms with Gasteiger partial charge in [0, 0.05) is 31.7 Å². The molecule has 1 N–H and O–H groups in total. The van der Waals surface area contributed by atoms with Gasteiger partial charge in [0.25, 0.3) is 0 Å². The molecule has 0 aromatic heterocycles. The van der Waals surface area contributed by atoms with Gasteiger partial charge in [-0.3, -0.25) is 0 Å². The van der Waals surface area contributed by atoms with Crippen LogP contribution in [-0.4, -0.2) is 53.6 Å². The number of hydrogen-bond acceptors (Lipinski definition) is 3. The second-order valence-electron chi connectivity index (χ2n) is 7.05. The molecule has 24 heavy (non-hydrogen) atoms. The van der Waals surface area contributed by atoms with Crippen molar-refractivity contribution in [2.24, 2.45) is 0 Å². The summed E-state index contributed by atoms with van der Waals surface area (Å²) < 4.78 is 5.37. The summed E-state index contributed by atoms with van der Waals surface area (Å²) in [7, 11) is 0. The molecule has 0 saturated carbocycles. The fraction of sp³-hybridized carbons (Fsp3) is 0.556. The van der Waals surface area contributed by atoms with Crippen molar-refractivity contribution in [2.75, 3.05) is 26.2 Å². The number of benzene rings is 1. The van der Waals surface area contributed by atoms with Gasteiger partial charge in [-0.15, -0.1) is 0 Å². The van der Waals surface area contributed by atoms with Crippen molar-refractivity contribution >= 4 is 12.1 Å². The van der Waals surface area contributed by atoms with Crippen LogP contribution in [0.25, 0.3) is 0 Å². The van der Waals surface area contributed by atoms with Crippen molar-refractivity contribution in [1.29, 1.82) is 0 Å². The summed E-state index contributed by atoms with van der Waals surface area (Å²) in [4.78, 5) is 27.9. The Hall–Kier alpha value is -2.24. The molecule has 0 atom stereocenters. The van der Waals surface area contributed by atoms with Crippen LogP contribution in [0.1, 0.15) is 32.8 Å². The molecule has 0 bridgehead atoms. The standard InChI is InChI=1S/C18H27N3O3/c1-18(2,3)19-16(22)20-10-7-11-21(13-12-20)17(23)24-14-15-8-5-4-6-9-15/h4-6,8-9H,7,10-14H2,1-3H3,(H,19,22). The topological polar surface area (TPSA) is 61.9 Å². The zero-order valence-corrected chi connectivity index (χ0v) is 14.7. The lowest BCUT2D eigenvalue weighted by Gasteiger charge is -2.27. The van der Waals surface area contributed by atoms with Crippen molar-refractivity contribution in [1.82, 2.24) is 15.1 Å². The van der Waals surface area contributed by atoms with Gasteiger partial charge in [-0.2, -0.15) is 0 Å². The van der Waals surface area contributed by atoms with E-state index < -0.39 is 0 Å². The Kier molecular flexibility index (Phi) is 6.06. The van der Waals surface area contributed by atoms with Crippen LogP contribution in [0.2, 0.25) is 0 Å². The van der Waals surface area contributed by atoms with E-state index in [0.717, 1.165) is 12.0 Å². The summed E-state index contributed by atoms with van der Waals surface area (Å²) in [6.07, 6.45) is 0.426. The molecule has 1 aliphatic heterocycles. The third-order valence-electron chi connectivity index (χ3n) is 3.73. The molecule has 2 rings (SSSR count). The third kappa shape index (κ3) is 5.76. The van der Waals surface area contributed by atoms with E-state index in [0.29, 0.717) is 26.2 Å². The highest BCUT2D eigenvalue weighted by Crippen LogP contribution is 2.09. The summed E-state index contributed by atoms with van der Waals surface area (Å²) in [5.41, 5.74) is 0.698. The molecule has 1 aromatic carbocycles. The van der Waals surface area contributed by atoms with Crippen LogP contribution in [0.3, 0.4) is 0 Å². The quantitative estimate of drug-likeness (QED) is 0.905. The highest BCUT2D eigenvalue weighted by Gasteiger charge is 2.24. The SMILES string of the molecule is CC(C)(C)NC(=O)N1CCCN(C(=O)OCc2ccccc2)CC1. The molecule has 1 saturated heterocycles. The fourth-order valence-corrected chi connectivity index (χ4v) is 2.51. The van der Waals surface area contributed by atoms with Crippen LogP contribution in [0.15, 0.2) is 30.3 Å². The van der Waals surface area contributed by atoms with Crippen LogP contribution in [-0.2, 0) is 11.3 Å². The first-order valence-electron chi connectivity index (χ1n) is 8.38. The smallest absolute Gasteiger partial charge is 0.410 e. The summed E-state index contributed by atoms with van der Waals surface area (Å²) in [6.45, 7) is 8.39. The third-order valence-corrected chi connectivity index (χ3v) is 3.73. The second-order valence-corrected chi connectivity index (χ2v) is 7.05. The summed E-state index contributed by atoms with van der Waals surface area (Å²) >= 11 is 0. The van der Waals surface area contributed by atoms with E-state index in [4.69, 9.17) is 4.74 Å². The van der Waals surface area contributed by atoms with Gasteiger partial charge < -0.3 is 19.9 Å². The predicted octanol–water partition coefficient (Wildman–Crippen LogP) is 2.84. The van der Waals surface area contributed by atoms with Crippen molar-refractivity contribution in [3.8, 4) is 0 Å². The van der Waals surface area contributed by atoms with E-state index in [1.165, 1.54) is 0 Å². The number of carbonyl (C=O) groups is 2. The minimum absolute atomic E-state index is 0.0815. The number of carbonyl (C=O) groups excluding carboxylic acids is 2. The first-order valence-corrected chi connectivity index (χ1v) is 8.38. The van der Waals surface area contributed by atoms with Gasteiger partial charge in [-0.1, -0.05) is 30.3 Å². The summed E-state index contributed by atoms with van der Waals surface area (Å²) in [5.74, 6) is 0. The Morgan fingerprint density at radius 3 is 2.33 bits per heavy atom. The molecule has 6 nitrogen and oxygen atoms in total. The number of amides is 3. The lowest BCUT2D eigenvalue weighted by Crippen LogP contribution is -2.49. The number of nitrogens with zero attached hydrogens (tertiary/aromatic N) is 2. The van der Waals surface area contributed by atoms with E-state index in [1.54, 1.807) is 9.80 Å². The van der Waals surface area contributed by atoms with E-state index >= 15 is 0 Å². The monoisotopic (exact) mass is 333 g/mol. The van der Waals surface area contributed by atoms with E-state index in [-0.39, 0.29) is 24.3 Å². The molecule has 1 fully saturated rings. The minimum Gasteiger partial charge on any atom is -0.445 e. The van der Waals surface area contributed by atoms with Gasteiger partial charge in [0.15, 0.2) is 0 Å². The fourth-order valence-electron chi connectivity index (χ4n) is 2.51. The molecular weight excluding hydrogens is 306 g/mol. The van der Waals surface area contributed by atoms with Gasteiger partial charge in [-0.25, -0.2) is 9.59 Å².